The van der Waals surface area contributed by atoms with Gasteiger partial charge in [-0.15, -0.1) is 0 Å². The Kier molecular flexibility index (Phi) is 5.83. The summed E-state index contributed by atoms with van der Waals surface area (Å²) in [6.07, 6.45) is 6.73. The van der Waals surface area contributed by atoms with E-state index < -0.39 is 0 Å². The van der Waals surface area contributed by atoms with Crippen molar-refractivity contribution >= 4 is 22.4 Å². The van der Waals surface area contributed by atoms with Gasteiger partial charge in [-0.1, -0.05) is 18.2 Å². The first-order chi connectivity index (χ1) is 17.2. The number of nitrogen functional groups attached to an aromatic ring is 1. The van der Waals surface area contributed by atoms with Gasteiger partial charge in [-0.3, -0.25) is 4.98 Å². The minimum Gasteiger partial charge on any atom is -0.398 e. The summed E-state index contributed by atoms with van der Waals surface area (Å²) in [5.74, 6) is 0.904. The first-order valence-corrected chi connectivity index (χ1v) is 12.4. The monoisotopic (exact) mass is 470 g/mol. The summed E-state index contributed by atoms with van der Waals surface area (Å²) in [5, 5.41) is 5.63. The molecule has 5 heterocycles. The Bertz CT molecular complexity index is 1350. The molecule has 6 rings (SSSR count). The van der Waals surface area contributed by atoms with Gasteiger partial charge in [-0.05, 0) is 56.0 Å². The number of morpholine rings is 1. The summed E-state index contributed by atoms with van der Waals surface area (Å²) in [7, 11) is 0. The average Bonchev–Trinajstić information content (AvgIpc) is 3.39. The van der Waals surface area contributed by atoms with Gasteiger partial charge < -0.3 is 20.1 Å². The molecule has 2 unspecified atom stereocenters. The molecule has 2 atom stereocenters. The topological polar surface area (TPSA) is 91.3 Å². The number of fused-ring (bicyclic) bond motifs is 1. The molecule has 2 aliphatic heterocycles. The fourth-order valence-electron chi connectivity index (χ4n) is 5.15. The maximum atomic E-state index is 6.45. The zero-order valence-electron chi connectivity index (χ0n) is 19.9. The van der Waals surface area contributed by atoms with E-state index in [1.807, 2.05) is 47.4 Å². The van der Waals surface area contributed by atoms with Crippen LogP contribution >= 0.6 is 0 Å². The Balaban J connectivity index is 1.58. The van der Waals surface area contributed by atoms with E-state index in [4.69, 9.17) is 25.2 Å². The molecule has 8 nitrogen and oxygen atoms in total. The predicted molar refractivity (Wildman–Crippen MR) is 137 cm³/mol. The standard InChI is InChI=1S/C27H30N6O2/c1-18-17-34-15-13-32(18)24-16-21(19-6-2-3-7-22(19)28)20-9-11-29-27(26(20)31-24)23-10-12-30-33(23)25-8-4-5-14-35-25/h2-3,6-7,9-12,16,18,25H,4-5,8,13-15,17,28H2,1H3. The number of hydrogen-bond donors (Lipinski definition) is 1. The average molecular weight is 471 g/mol. The molecular weight excluding hydrogens is 440 g/mol. The van der Waals surface area contributed by atoms with E-state index in [9.17, 15) is 0 Å². The van der Waals surface area contributed by atoms with E-state index >= 15 is 0 Å². The van der Waals surface area contributed by atoms with Crippen molar-refractivity contribution in [3.05, 3.63) is 54.9 Å². The van der Waals surface area contributed by atoms with Crippen molar-refractivity contribution in [2.75, 3.05) is 37.0 Å². The van der Waals surface area contributed by atoms with Gasteiger partial charge in [0, 0.05) is 42.2 Å². The molecule has 0 amide bonds. The molecule has 0 saturated carbocycles. The molecule has 0 bridgehead atoms. The minimum atomic E-state index is -0.0857. The van der Waals surface area contributed by atoms with Crippen LogP contribution in [0, 0.1) is 0 Å². The summed E-state index contributed by atoms with van der Waals surface area (Å²) in [6.45, 7) is 5.06. The predicted octanol–water partition coefficient (Wildman–Crippen LogP) is 4.67. The molecule has 0 aliphatic carbocycles. The van der Waals surface area contributed by atoms with Crippen LogP contribution in [0.2, 0.25) is 0 Å². The molecule has 8 heteroatoms. The van der Waals surface area contributed by atoms with Crippen molar-refractivity contribution in [2.45, 2.75) is 38.5 Å². The SMILES string of the molecule is CC1COCCN1c1cc(-c2ccccc2N)c2ccnc(-c3ccnn3C3CCCCO3)c2n1. The Morgan fingerprint density at radius 3 is 2.77 bits per heavy atom. The van der Waals surface area contributed by atoms with Crippen LogP contribution in [0.1, 0.15) is 32.4 Å². The number of aromatic nitrogens is 4. The third-order valence-corrected chi connectivity index (χ3v) is 6.97. The lowest BCUT2D eigenvalue weighted by atomic mass is 9.98. The smallest absolute Gasteiger partial charge is 0.150 e. The largest absolute Gasteiger partial charge is 0.398 e. The van der Waals surface area contributed by atoms with Gasteiger partial charge in [-0.2, -0.15) is 5.10 Å². The number of hydrogen-bond acceptors (Lipinski definition) is 7. The van der Waals surface area contributed by atoms with Crippen LogP contribution in [-0.2, 0) is 9.47 Å². The molecule has 180 valence electrons. The Morgan fingerprint density at radius 2 is 1.94 bits per heavy atom. The van der Waals surface area contributed by atoms with Gasteiger partial charge in [-0.25, -0.2) is 9.67 Å². The van der Waals surface area contributed by atoms with Gasteiger partial charge in [0.2, 0.25) is 0 Å². The Hall–Kier alpha value is -3.49. The molecule has 2 aliphatic rings. The summed E-state index contributed by atoms with van der Waals surface area (Å²) in [6, 6.07) is 14.4. The molecule has 3 aromatic heterocycles. The van der Waals surface area contributed by atoms with Crippen LogP contribution in [0.25, 0.3) is 33.4 Å². The molecule has 1 aromatic carbocycles. The zero-order chi connectivity index (χ0) is 23.8. The fourth-order valence-corrected chi connectivity index (χ4v) is 5.15. The number of para-hydroxylation sites is 1. The van der Waals surface area contributed by atoms with Gasteiger partial charge in [0.1, 0.15) is 17.0 Å². The van der Waals surface area contributed by atoms with Crippen molar-refractivity contribution in [2.24, 2.45) is 0 Å². The summed E-state index contributed by atoms with van der Waals surface area (Å²) < 4.78 is 13.7. The normalized spacial score (nSPS) is 20.9. The number of rotatable bonds is 4. The van der Waals surface area contributed by atoms with E-state index in [0.717, 1.165) is 77.3 Å². The highest BCUT2D eigenvalue weighted by molar-refractivity contribution is 6.03. The molecule has 4 aromatic rings. The van der Waals surface area contributed by atoms with Gasteiger partial charge in [0.15, 0.2) is 6.23 Å². The lowest BCUT2D eigenvalue weighted by Crippen LogP contribution is -2.44. The van der Waals surface area contributed by atoms with E-state index in [1.165, 1.54) is 0 Å². The Labute approximate surface area is 204 Å². The molecule has 2 fully saturated rings. The molecule has 35 heavy (non-hydrogen) atoms. The maximum Gasteiger partial charge on any atom is 0.150 e. The molecule has 2 N–H and O–H groups in total. The lowest BCUT2D eigenvalue weighted by Gasteiger charge is -2.34. The van der Waals surface area contributed by atoms with Gasteiger partial charge in [0.05, 0.1) is 24.9 Å². The molecule has 0 spiro atoms. The maximum absolute atomic E-state index is 6.45. The van der Waals surface area contributed by atoms with Crippen LogP contribution in [0.5, 0.6) is 0 Å². The second-order valence-electron chi connectivity index (χ2n) is 9.27. The number of benzene rings is 1. The van der Waals surface area contributed by atoms with E-state index in [0.29, 0.717) is 13.2 Å². The van der Waals surface area contributed by atoms with E-state index in [2.05, 4.69) is 29.1 Å². The minimum absolute atomic E-state index is 0.0857. The third-order valence-electron chi connectivity index (χ3n) is 6.97. The molecular formula is C27H30N6O2. The Morgan fingerprint density at radius 1 is 1.03 bits per heavy atom. The van der Waals surface area contributed by atoms with Crippen LogP contribution in [0.15, 0.2) is 54.9 Å². The quantitative estimate of drug-likeness (QED) is 0.434. The number of pyridine rings is 2. The fraction of sp³-hybridized carbons (Fsp3) is 0.370. The van der Waals surface area contributed by atoms with Crippen LogP contribution < -0.4 is 10.6 Å². The van der Waals surface area contributed by atoms with Crippen LogP contribution in [-0.4, -0.2) is 52.2 Å². The third kappa shape index (κ3) is 4.02. The van der Waals surface area contributed by atoms with Crippen LogP contribution in [0.4, 0.5) is 11.5 Å². The summed E-state index contributed by atoms with van der Waals surface area (Å²) in [5.41, 5.74) is 11.8. The first kappa shape index (κ1) is 22.0. The van der Waals surface area contributed by atoms with Crippen molar-refractivity contribution in [3.63, 3.8) is 0 Å². The zero-order valence-corrected chi connectivity index (χ0v) is 19.9. The second kappa shape index (κ2) is 9.28. The lowest BCUT2D eigenvalue weighted by molar-refractivity contribution is -0.0383. The van der Waals surface area contributed by atoms with Gasteiger partial charge >= 0.3 is 0 Å². The number of anilines is 2. The first-order valence-electron chi connectivity index (χ1n) is 12.4. The van der Waals surface area contributed by atoms with Crippen molar-refractivity contribution in [1.29, 1.82) is 0 Å². The number of nitrogens with two attached hydrogens (primary N) is 1. The van der Waals surface area contributed by atoms with Gasteiger partial charge in [0.25, 0.3) is 0 Å². The summed E-state index contributed by atoms with van der Waals surface area (Å²) >= 11 is 0. The highest BCUT2D eigenvalue weighted by atomic mass is 16.5. The van der Waals surface area contributed by atoms with E-state index in [1.54, 1.807) is 0 Å². The molecule has 2 saturated heterocycles. The highest BCUT2D eigenvalue weighted by Gasteiger charge is 2.25. The number of nitrogens with zero attached hydrogens (tertiary/aromatic N) is 5. The van der Waals surface area contributed by atoms with Crippen molar-refractivity contribution in [1.82, 2.24) is 19.7 Å². The highest BCUT2D eigenvalue weighted by Crippen LogP contribution is 2.38. The van der Waals surface area contributed by atoms with E-state index in [-0.39, 0.29) is 12.3 Å². The number of ether oxygens (including phenoxy) is 2. The second-order valence-corrected chi connectivity index (χ2v) is 9.27. The molecule has 0 radical (unpaired) electrons. The van der Waals surface area contributed by atoms with Crippen molar-refractivity contribution < 1.29 is 9.47 Å². The summed E-state index contributed by atoms with van der Waals surface area (Å²) in [4.78, 5) is 12.3. The van der Waals surface area contributed by atoms with Crippen LogP contribution in [0.3, 0.4) is 0 Å². The van der Waals surface area contributed by atoms with Crippen molar-refractivity contribution in [3.8, 4) is 22.5 Å².